The predicted octanol–water partition coefficient (Wildman–Crippen LogP) is 4.51. The molecule has 0 amide bonds. The Hall–Kier alpha value is -1.76. The number of H-pyrrole nitrogens is 1. The van der Waals surface area contributed by atoms with Crippen LogP contribution in [0.5, 0.6) is 0 Å². The van der Waals surface area contributed by atoms with E-state index in [2.05, 4.69) is 42.2 Å². The molecule has 0 radical (unpaired) electrons. The highest BCUT2D eigenvalue weighted by Crippen LogP contribution is 2.35. The van der Waals surface area contributed by atoms with Gasteiger partial charge in [-0.2, -0.15) is 0 Å². The maximum Gasteiger partial charge on any atom is 0.0497 e. The second-order valence-electron chi connectivity index (χ2n) is 5.46. The summed E-state index contributed by atoms with van der Waals surface area (Å²) in [7, 11) is 0. The molecule has 1 aliphatic rings. The van der Waals surface area contributed by atoms with Crippen molar-refractivity contribution in [3.05, 3.63) is 47.0 Å². The molecule has 0 aliphatic heterocycles. The minimum Gasteiger partial charge on any atom is -0.354 e. The average molecular weight is 235 g/mol. The van der Waals surface area contributed by atoms with Crippen LogP contribution in [0.25, 0.3) is 21.8 Å². The first-order valence-electron chi connectivity index (χ1n) is 6.86. The molecule has 1 N–H and O–H groups in total. The summed E-state index contributed by atoms with van der Waals surface area (Å²) >= 11 is 0. The maximum atomic E-state index is 3.60. The minimum absolute atomic E-state index is 1.24. The van der Waals surface area contributed by atoms with Crippen LogP contribution in [-0.4, -0.2) is 4.98 Å². The van der Waals surface area contributed by atoms with Gasteiger partial charge in [-0.05, 0) is 55.4 Å². The fourth-order valence-electron chi connectivity index (χ4n) is 3.46. The SMILES string of the molecule is Cc1cc2c(c3c1[nH]c1ccccc13)CCCC2. The Labute approximate surface area is 107 Å². The van der Waals surface area contributed by atoms with Crippen LogP contribution in [0, 0.1) is 6.92 Å². The highest BCUT2D eigenvalue weighted by Gasteiger charge is 2.17. The van der Waals surface area contributed by atoms with Gasteiger partial charge < -0.3 is 4.98 Å². The van der Waals surface area contributed by atoms with Crippen molar-refractivity contribution in [2.75, 3.05) is 0 Å². The molecule has 4 rings (SSSR count). The molecule has 1 aromatic heterocycles. The third-order valence-electron chi connectivity index (χ3n) is 4.30. The molecule has 0 bridgehead atoms. The molecule has 0 saturated heterocycles. The summed E-state index contributed by atoms with van der Waals surface area (Å²) in [5, 5.41) is 2.88. The lowest BCUT2D eigenvalue weighted by atomic mass is 9.87. The minimum atomic E-state index is 1.24. The molecule has 1 heterocycles. The molecule has 0 spiro atoms. The fraction of sp³-hybridized carbons (Fsp3) is 0.294. The standard InChI is InChI=1S/C17H17N/c1-11-10-12-6-2-3-7-13(12)16-14-8-4-5-9-15(14)18-17(11)16/h4-5,8-10,18H,2-3,6-7H2,1H3. The van der Waals surface area contributed by atoms with E-state index in [1.54, 1.807) is 11.1 Å². The topological polar surface area (TPSA) is 15.8 Å². The molecule has 1 heteroatoms. The van der Waals surface area contributed by atoms with E-state index in [9.17, 15) is 0 Å². The van der Waals surface area contributed by atoms with Gasteiger partial charge in [0.2, 0.25) is 0 Å². The molecule has 90 valence electrons. The van der Waals surface area contributed by atoms with Gasteiger partial charge >= 0.3 is 0 Å². The number of aromatic nitrogens is 1. The van der Waals surface area contributed by atoms with Gasteiger partial charge in [0, 0.05) is 21.8 Å². The number of aromatic amines is 1. The highest BCUT2D eigenvalue weighted by atomic mass is 14.7. The summed E-state index contributed by atoms with van der Waals surface area (Å²) < 4.78 is 0. The third kappa shape index (κ3) is 1.28. The number of hydrogen-bond donors (Lipinski definition) is 1. The van der Waals surface area contributed by atoms with Gasteiger partial charge in [-0.3, -0.25) is 0 Å². The van der Waals surface area contributed by atoms with E-state index in [-0.39, 0.29) is 0 Å². The van der Waals surface area contributed by atoms with Crippen LogP contribution in [0.4, 0.5) is 0 Å². The number of rotatable bonds is 0. The van der Waals surface area contributed by atoms with Crippen LogP contribution in [0.1, 0.15) is 29.5 Å². The zero-order valence-electron chi connectivity index (χ0n) is 10.7. The largest absolute Gasteiger partial charge is 0.354 e. The lowest BCUT2D eigenvalue weighted by Crippen LogP contribution is -2.03. The summed E-state index contributed by atoms with van der Waals surface area (Å²) in [6.07, 6.45) is 5.19. The predicted molar refractivity (Wildman–Crippen MR) is 77.2 cm³/mol. The normalized spacial score (nSPS) is 15.2. The fourth-order valence-corrected chi connectivity index (χ4v) is 3.46. The first-order valence-corrected chi connectivity index (χ1v) is 6.86. The lowest BCUT2D eigenvalue weighted by Gasteiger charge is -2.18. The summed E-state index contributed by atoms with van der Waals surface area (Å²) in [5.74, 6) is 0. The second kappa shape index (κ2) is 3.61. The Morgan fingerprint density at radius 1 is 1.06 bits per heavy atom. The van der Waals surface area contributed by atoms with Crippen LogP contribution in [0.15, 0.2) is 30.3 Å². The average Bonchev–Trinajstić information content (AvgIpc) is 2.79. The number of fused-ring (bicyclic) bond motifs is 5. The van der Waals surface area contributed by atoms with E-state index in [1.807, 2.05) is 0 Å². The molecule has 0 saturated carbocycles. The van der Waals surface area contributed by atoms with Crippen molar-refractivity contribution < 1.29 is 0 Å². The summed E-state index contributed by atoms with van der Waals surface area (Å²) in [6, 6.07) is 11.1. The first-order chi connectivity index (χ1) is 8.84. The summed E-state index contributed by atoms with van der Waals surface area (Å²) in [6.45, 7) is 2.23. The molecule has 0 unspecified atom stereocenters. The molecule has 18 heavy (non-hydrogen) atoms. The summed E-state index contributed by atoms with van der Waals surface area (Å²) in [5.41, 5.74) is 7.18. The second-order valence-corrected chi connectivity index (χ2v) is 5.46. The third-order valence-corrected chi connectivity index (χ3v) is 4.30. The van der Waals surface area contributed by atoms with Gasteiger partial charge in [0.15, 0.2) is 0 Å². The number of nitrogens with one attached hydrogen (secondary N) is 1. The number of hydrogen-bond acceptors (Lipinski definition) is 0. The van der Waals surface area contributed by atoms with Crippen LogP contribution < -0.4 is 0 Å². The number of aryl methyl sites for hydroxylation is 3. The van der Waals surface area contributed by atoms with E-state index in [0.717, 1.165) is 0 Å². The van der Waals surface area contributed by atoms with Gasteiger partial charge in [-0.1, -0.05) is 24.3 Å². The van der Waals surface area contributed by atoms with Crippen molar-refractivity contribution in [2.45, 2.75) is 32.6 Å². The monoisotopic (exact) mass is 235 g/mol. The number of para-hydroxylation sites is 1. The van der Waals surface area contributed by atoms with E-state index in [4.69, 9.17) is 0 Å². The van der Waals surface area contributed by atoms with Gasteiger partial charge in [0.25, 0.3) is 0 Å². The van der Waals surface area contributed by atoms with Crippen LogP contribution >= 0.6 is 0 Å². The van der Waals surface area contributed by atoms with Crippen molar-refractivity contribution in [1.82, 2.24) is 4.98 Å². The van der Waals surface area contributed by atoms with Crippen LogP contribution in [0.3, 0.4) is 0 Å². The number of benzene rings is 2. The Kier molecular flexibility index (Phi) is 2.05. The molecule has 3 aromatic rings. The molecular weight excluding hydrogens is 218 g/mol. The molecule has 1 aliphatic carbocycles. The lowest BCUT2D eigenvalue weighted by molar-refractivity contribution is 0.690. The molecule has 2 aromatic carbocycles. The van der Waals surface area contributed by atoms with Crippen molar-refractivity contribution in [3.8, 4) is 0 Å². The Morgan fingerprint density at radius 2 is 1.89 bits per heavy atom. The van der Waals surface area contributed by atoms with Gasteiger partial charge in [-0.25, -0.2) is 0 Å². The van der Waals surface area contributed by atoms with Gasteiger partial charge in [0.1, 0.15) is 0 Å². The quantitative estimate of drug-likeness (QED) is 0.590. The van der Waals surface area contributed by atoms with E-state index >= 15 is 0 Å². The Morgan fingerprint density at radius 3 is 2.83 bits per heavy atom. The van der Waals surface area contributed by atoms with Crippen molar-refractivity contribution in [3.63, 3.8) is 0 Å². The van der Waals surface area contributed by atoms with E-state index < -0.39 is 0 Å². The van der Waals surface area contributed by atoms with Crippen LogP contribution in [0.2, 0.25) is 0 Å². The highest BCUT2D eigenvalue weighted by molar-refractivity contribution is 6.10. The van der Waals surface area contributed by atoms with Crippen molar-refractivity contribution in [1.29, 1.82) is 0 Å². The smallest absolute Gasteiger partial charge is 0.0497 e. The maximum absolute atomic E-state index is 3.60. The Balaban J connectivity index is 2.23. The first kappa shape index (κ1) is 10.2. The van der Waals surface area contributed by atoms with Crippen molar-refractivity contribution >= 4 is 21.8 Å². The molecule has 0 atom stereocenters. The molecular formula is C17H17N. The Bertz CT molecular complexity index is 749. The zero-order chi connectivity index (χ0) is 12.1. The van der Waals surface area contributed by atoms with E-state index in [0.29, 0.717) is 0 Å². The summed E-state index contributed by atoms with van der Waals surface area (Å²) in [4.78, 5) is 3.60. The van der Waals surface area contributed by atoms with Crippen molar-refractivity contribution in [2.24, 2.45) is 0 Å². The molecule has 0 fully saturated rings. The van der Waals surface area contributed by atoms with Gasteiger partial charge in [-0.15, -0.1) is 0 Å². The van der Waals surface area contributed by atoms with Gasteiger partial charge in [0.05, 0.1) is 0 Å². The van der Waals surface area contributed by atoms with Crippen LogP contribution in [-0.2, 0) is 12.8 Å². The molecule has 1 nitrogen and oxygen atoms in total. The zero-order valence-corrected chi connectivity index (χ0v) is 10.7. The van der Waals surface area contributed by atoms with E-state index in [1.165, 1.54) is 53.1 Å².